The average molecular weight is 302 g/mol. The van der Waals surface area contributed by atoms with Crippen LogP contribution in [-0.2, 0) is 16.6 Å². The second-order valence-electron chi connectivity index (χ2n) is 5.15. The van der Waals surface area contributed by atoms with Gasteiger partial charge < -0.3 is 10.1 Å². The molecular weight excluding hydrogens is 284 g/mol. The Bertz CT molecular complexity index is 757. The summed E-state index contributed by atoms with van der Waals surface area (Å²) >= 11 is 0. The lowest BCUT2D eigenvalue weighted by Crippen LogP contribution is -2.30. The van der Waals surface area contributed by atoms with Gasteiger partial charge in [-0.1, -0.05) is 0 Å². The van der Waals surface area contributed by atoms with Gasteiger partial charge in [-0.15, -0.1) is 0 Å². The smallest absolute Gasteiger partial charge is 0.338 e. The summed E-state index contributed by atoms with van der Waals surface area (Å²) in [4.78, 5) is 16.6. The molecule has 2 aromatic rings. The molecule has 0 spiro atoms. The Balaban J connectivity index is 2.17. The van der Waals surface area contributed by atoms with Gasteiger partial charge in [0.05, 0.1) is 23.6 Å². The van der Waals surface area contributed by atoms with Gasteiger partial charge in [-0.05, 0) is 26.8 Å². The maximum absolute atomic E-state index is 12.4. The van der Waals surface area contributed by atoms with Gasteiger partial charge in [-0.3, -0.25) is 4.68 Å². The third kappa shape index (κ3) is 2.16. The van der Waals surface area contributed by atoms with E-state index in [2.05, 4.69) is 20.5 Å². The zero-order valence-electron chi connectivity index (χ0n) is 13.0. The van der Waals surface area contributed by atoms with E-state index < -0.39 is 6.04 Å². The predicted octanol–water partition coefficient (Wildman–Crippen LogP) is 1.17. The number of esters is 1. The molecule has 2 aromatic heterocycles. The number of carbonyl (C=O) groups is 1. The van der Waals surface area contributed by atoms with Gasteiger partial charge in [0.2, 0.25) is 5.95 Å². The Hall–Kier alpha value is -2.64. The quantitative estimate of drug-likeness (QED) is 0.857. The number of fused-ring (bicyclic) bond motifs is 1. The summed E-state index contributed by atoms with van der Waals surface area (Å²) in [5.74, 6) is 0.229. The van der Waals surface area contributed by atoms with Gasteiger partial charge in [-0.2, -0.15) is 15.2 Å². The van der Waals surface area contributed by atoms with Crippen LogP contribution in [0.2, 0.25) is 0 Å². The van der Waals surface area contributed by atoms with Crippen molar-refractivity contribution in [2.24, 2.45) is 7.05 Å². The zero-order valence-corrected chi connectivity index (χ0v) is 13.0. The van der Waals surface area contributed by atoms with Crippen molar-refractivity contribution in [2.45, 2.75) is 26.8 Å². The molecule has 0 saturated heterocycles. The minimum atomic E-state index is -0.413. The van der Waals surface area contributed by atoms with Gasteiger partial charge in [0.25, 0.3) is 0 Å². The number of nitrogens with zero attached hydrogens (tertiary/aromatic N) is 5. The highest BCUT2D eigenvalue weighted by Gasteiger charge is 2.36. The molecule has 3 heterocycles. The molecule has 1 aliphatic rings. The van der Waals surface area contributed by atoms with Gasteiger partial charge >= 0.3 is 5.97 Å². The normalized spacial score (nSPS) is 17.2. The van der Waals surface area contributed by atoms with Crippen LogP contribution in [0.1, 0.15) is 31.3 Å². The molecule has 3 rings (SSSR count). The molecule has 0 unspecified atom stereocenters. The number of rotatable bonds is 3. The molecule has 8 nitrogen and oxygen atoms in total. The second-order valence-corrected chi connectivity index (χ2v) is 5.15. The first-order chi connectivity index (χ1) is 10.5. The van der Waals surface area contributed by atoms with Crippen molar-refractivity contribution >= 4 is 11.9 Å². The molecule has 0 aromatic carbocycles. The molecule has 22 heavy (non-hydrogen) atoms. The molecule has 8 heteroatoms. The summed E-state index contributed by atoms with van der Waals surface area (Å²) in [5.41, 5.74) is 2.96. The Morgan fingerprint density at radius 3 is 2.86 bits per heavy atom. The molecule has 1 N–H and O–H groups in total. The molecule has 1 atom stereocenters. The van der Waals surface area contributed by atoms with Crippen molar-refractivity contribution < 1.29 is 9.53 Å². The Morgan fingerprint density at radius 2 is 2.23 bits per heavy atom. The number of hydrogen-bond donors (Lipinski definition) is 1. The van der Waals surface area contributed by atoms with Crippen LogP contribution >= 0.6 is 0 Å². The molecule has 0 bridgehead atoms. The first-order valence-corrected chi connectivity index (χ1v) is 7.07. The fraction of sp³-hybridized carbons (Fsp3) is 0.429. The van der Waals surface area contributed by atoms with E-state index in [1.807, 2.05) is 27.0 Å². The SMILES string of the molecule is CCOC(=O)C1=C(C)Nc2ncnn2[C@@H]1c1cc(C)nn1C. The number of aromatic nitrogens is 5. The van der Waals surface area contributed by atoms with E-state index in [-0.39, 0.29) is 5.97 Å². The van der Waals surface area contributed by atoms with Gasteiger partial charge in [0.15, 0.2) is 0 Å². The summed E-state index contributed by atoms with van der Waals surface area (Å²) in [6, 6.07) is 1.53. The third-order valence-corrected chi connectivity index (χ3v) is 3.61. The topological polar surface area (TPSA) is 86.9 Å². The summed E-state index contributed by atoms with van der Waals surface area (Å²) in [6.45, 7) is 5.85. The number of anilines is 1. The Labute approximate surface area is 127 Å². The van der Waals surface area contributed by atoms with E-state index in [0.717, 1.165) is 11.4 Å². The molecule has 0 radical (unpaired) electrons. The summed E-state index contributed by atoms with van der Waals surface area (Å²) in [7, 11) is 1.85. The maximum Gasteiger partial charge on any atom is 0.338 e. The minimum Gasteiger partial charge on any atom is -0.463 e. The molecule has 1 aliphatic heterocycles. The van der Waals surface area contributed by atoms with Crippen molar-refractivity contribution in [3.8, 4) is 0 Å². The highest BCUT2D eigenvalue weighted by molar-refractivity contribution is 5.92. The maximum atomic E-state index is 12.4. The molecule has 0 saturated carbocycles. The van der Waals surface area contributed by atoms with Crippen molar-refractivity contribution in [3.63, 3.8) is 0 Å². The largest absolute Gasteiger partial charge is 0.463 e. The summed E-state index contributed by atoms with van der Waals surface area (Å²) in [5, 5.41) is 11.7. The van der Waals surface area contributed by atoms with Crippen molar-refractivity contribution in [3.05, 3.63) is 35.1 Å². The van der Waals surface area contributed by atoms with Crippen molar-refractivity contribution in [1.82, 2.24) is 24.5 Å². The van der Waals surface area contributed by atoms with Crippen LogP contribution in [0, 0.1) is 6.92 Å². The van der Waals surface area contributed by atoms with E-state index in [1.54, 1.807) is 16.3 Å². The zero-order chi connectivity index (χ0) is 15.9. The lowest BCUT2D eigenvalue weighted by molar-refractivity contribution is -0.139. The van der Waals surface area contributed by atoms with E-state index in [9.17, 15) is 4.79 Å². The standard InChI is InChI=1S/C14H18N6O2/c1-5-22-13(21)11-9(3)17-14-15-7-16-20(14)12(11)10-6-8(2)18-19(10)4/h6-7,12H,5H2,1-4H3,(H,15,16,17)/t12-/m1/s1. The lowest BCUT2D eigenvalue weighted by Gasteiger charge is -2.27. The molecule has 116 valence electrons. The first-order valence-electron chi connectivity index (χ1n) is 7.07. The lowest BCUT2D eigenvalue weighted by atomic mass is 10.00. The van der Waals surface area contributed by atoms with Crippen LogP contribution in [0.3, 0.4) is 0 Å². The number of nitrogens with one attached hydrogen (secondary N) is 1. The fourth-order valence-electron chi connectivity index (χ4n) is 2.72. The van der Waals surface area contributed by atoms with Crippen LogP contribution in [0.25, 0.3) is 0 Å². The Morgan fingerprint density at radius 1 is 1.45 bits per heavy atom. The molecule has 0 amide bonds. The summed E-state index contributed by atoms with van der Waals surface area (Å²) < 4.78 is 8.64. The number of hydrogen-bond acceptors (Lipinski definition) is 6. The number of allylic oxidation sites excluding steroid dienone is 1. The van der Waals surface area contributed by atoms with Gasteiger partial charge in [-0.25, -0.2) is 9.48 Å². The highest BCUT2D eigenvalue weighted by atomic mass is 16.5. The minimum absolute atomic E-state index is 0.316. The van der Waals surface area contributed by atoms with E-state index >= 15 is 0 Å². The first kappa shape index (κ1) is 14.3. The van der Waals surface area contributed by atoms with Gasteiger partial charge in [0, 0.05) is 12.7 Å². The predicted molar refractivity (Wildman–Crippen MR) is 79.1 cm³/mol. The fourth-order valence-corrected chi connectivity index (χ4v) is 2.72. The van der Waals surface area contributed by atoms with Crippen LogP contribution in [0.15, 0.2) is 23.7 Å². The summed E-state index contributed by atoms with van der Waals surface area (Å²) in [6.07, 6.45) is 1.46. The van der Waals surface area contributed by atoms with Crippen molar-refractivity contribution in [1.29, 1.82) is 0 Å². The Kier molecular flexibility index (Phi) is 3.44. The van der Waals surface area contributed by atoms with E-state index in [4.69, 9.17) is 4.74 Å². The molecule has 0 aliphatic carbocycles. The number of carbonyl (C=O) groups excluding carboxylic acids is 1. The third-order valence-electron chi connectivity index (χ3n) is 3.61. The number of aryl methyl sites for hydroxylation is 2. The molecular formula is C14H18N6O2. The van der Waals surface area contributed by atoms with Crippen molar-refractivity contribution in [2.75, 3.05) is 11.9 Å². The van der Waals surface area contributed by atoms with Crippen LogP contribution in [0.5, 0.6) is 0 Å². The van der Waals surface area contributed by atoms with Crippen LogP contribution < -0.4 is 5.32 Å². The van der Waals surface area contributed by atoms with E-state index in [1.165, 1.54) is 6.33 Å². The second kappa shape index (κ2) is 5.28. The van der Waals surface area contributed by atoms with Crippen LogP contribution in [-0.4, -0.2) is 37.1 Å². The monoisotopic (exact) mass is 302 g/mol. The van der Waals surface area contributed by atoms with Crippen LogP contribution in [0.4, 0.5) is 5.95 Å². The highest BCUT2D eigenvalue weighted by Crippen LogP contribution is 2.35. The van der Waals surface area contributed by atoms with Gasteiger partial charge in [0.1, 0.15) is 12.4 Å². The molecule has 0 fully saturated rings. The number of ether oxygens (including phenoxy) is 1. The average Bonchev–Trinajstić information content (AvgIpc) is 3.03. The van der Waals surface area contributed by atoms with E-state index in [0.29, 0.717) is 23.8 Å².